The molecule has 0 amide bonds. The molecule has 0 unspecified atom stereocenters. The highest BCUT2D eigenvalue weighted by Crippen LogP contribution is 2.41. The van der Waals surface area contributed by atoms with Crippen LogP contribution >= 0.6 is 0 Å². The number of aliphatic hydroxyl groups is 1. The lowest BCUT2D eigenvalue weighted by Gasteiger charge is -2.16. The van der Waals surface area contributed by atoms with E-state index in [0.717, 1.165) is 27.8 Å². The number of hydrogen-bond donors (Lipinski definition) is 1. The molecular formula is C28H30FN3O4. The van der Waals surface area contributed by atoms with Crippen molar-refractivity contribution < 1.29 is 23.8 Å². The van der Waals surface area contributed by atoms with Crippen molar-refractivity contribution in [1.29, 1.82) is 0 Å². The average molecular weight is 492 g/mol. The molecule has 8 heteroatoms. The van der Waals surface area contributed by atoms with Crippen molar-refractivity contribution in [3.63, 3.8) is 0 Å². The van der Waals surface area contributed by atoms with Crippen LogP contribution in [0.4, 0.5) is 4.39 Å². The standard InChI is InChI=1S/C28H30FN3O4/c1-4-36-28(34)27-20(10-7-13-33)21-11-12-22(29)25-24-17(2)31(3)30-23(24)16-35-15-19-9-6-5-8-18(19)14-32(27)26(21)25/h5-6,8-9,11-12,33H,4,7,10,13-16H2,1-3H3. The molecule has 188 valence electrons. The third-order valence-electron chi connectivity index (χ3n) is 6.93. The molecule has 7 nitrogen and oxygen atoms in total. The number of ether oxygens (including phenoxy) is 2. The summed E-state index contributed by atoms with van der Waals surface area (Å²) in [7, 11) is 1.83. The lowest BCUT2D eigenvalue weighted by Crippen LogP contribution is -2.16. The number of aromatic nitrogens is 3. The molecule has 2 aromatic carbocycles. The second kappa shape index (κ2) is 9.87. The second-order valence-corrected chi connectivity index (χ2v) is 9.07. The number of carbonyl (C=O) groups is 1. The van der Waals surface area contributed by atoms with Crippen molar-refractivity contribution in [2.24, 2.45) is 7.05 Å². The molecule has 0 aliphatic carbocycles. The first kappa shape index (κ1) is 24.2. The Hall–Kier alpha value is -3.49. The minimum absolute atomic E-state index is 0.0188. The smallest absolute Gasteiger partial charge is 0.355 e. The van der Waals surface area contributed by atoms with E-state index in [2.05, 4.69) is 5.10 Å². The molecule has 3 heterocycles. The summed E-state index contributed by atoms with van der Waals surface area (Å²) in [5.74, 6) is -0.852. The SMILES string of the molecule is CCOC(=O)c1c(CCCO)c2ccc(F)c3c2n1Cc1ccccc1COCc1nn(C)c(C)c1-3. The fraction of sp³-hybridized carbons (Fsp3) is 0.357. The average Bonchev–Trinajstić information content (AvgIpc) is 3.31. The van der Waals surface area contributed by atoms with Crippen molar-refractivity contribution in [1.82, 2.24) is 14.3 Å². The third kappa shape index (κ3) is 4.00. The van der Waals surface area contributed by atoms with Crippen LogP contribution in [0.1, 0.15) is 51.9 Å². The number of rotatable bonds is 5. The van der Waals surface area contributed by atoms with E-state index in [1.165, 1.54) is 6.07 Å². The van der Waals surface area contributed by atoms with E-state index in [1.807, 2.05) is 42.8 Å². The van der Waals surface area contributed by atoms with Gasteiger partial charge in [0.2, 0.25) is 0 Å². The van der Waals surface area contributed by atoms with E-state index in [-0.39, 0.29) is 19.8 Å². The lowest BCUT2D eigenvalue weighted by molar-refractivity contribution is 0.0513. The molecule has 5 rings (SSSR count). The van der Waals surface area contributed by atoms with Gasteiger partial charge in [-0.05, 0) is 55.5 Å². The monoisotopic (exact) mass is 491 g/mol. The molecule has 0 atom stereocenters. The van der Waals surface area contributed by atoms with Gasteiger partial charge in [-0.15, -0.1) is 0 Å². The van der Waals surface area contributed by atoms with Gasteiger partial charge in [-0.1, -0.05) is 24.3 Å². The lowest BCUT2D eigenvalue weighted by atomic mass is 9.97. The topological polar surface area (TPSA) is 78.5 Å². The predicted octanol–water partition coefficient (Wildman–Crippen LogP) is 4.67. The van der Waals surface area contributed by atoms with Crippen LogP contribution in [0.3, 0.4) is 0 Å². The maximum atomic E-state index is 15.8. The van der Waals surface area contributed by atoms with Crippen LogP contribution in [0.15, 0.2) is 36.4 Å². The number of aryl methyl sites for hydroxylation is 2. The summed E-state index contributed by atoms with van der Waals surface area (Å²) in [6.07, 6.45) is 0.933. The van der Waals surface area contributed by atoms with E-state index in [1.54, 1.807) is 17.7 Å². The largest absolute Gasteiger partial charge is 0.461 e. The van der Waals surface area contributed by atoms with Crippen molar-refractivity contribution in [3.8, 4) is 11.1 Å². The zero-order valence-corrected chi connectivity index (χ0v) is 20.8. The fourth-order valence-corrected chi connectivity index (χ4v) is 5.21. The van der Waals surface area contributed by atoms with Crippen LogP contribution in [0.5, 0.6) is 0 Å². The van der Waals surface area contributed by atoms with Crippen LogP contribution in [-0.2, 0) is 42.7 Å². The molecular weight excluding hydrogens is 461 g/mol. The number of fused-ring (bicyclic) bond motifs is 3. The molecule has 4 aromatic rings. The van der Waals surface area contributed by atoms with Gasteiger partial charge in [-0.3, -0.25) is 4.68 Å². The molecule has 1 N–H and O–H groups in total. The van der Waals surface area contributed by atoms with Crippen LogP contribution in [0.25, 0.3) is 22.0 Å². The molecule has 0 spiro atoms. The van der Waals surface area contributed by atoms with Crippen molar-refractivity contribution in [2.45, 2.75) is 46.4 Å². The van der Waals surface area contributed by atoms with Crippen molar-refractivity contribution in [3.05, 3.63) is 76.0 Å². The summed E-state index contributed by atoms with van der Waals surface area (Å²) in [6.45, 7) is 4.81. The van der Waals surface area contributed by atoms with E-state index >= 15 is 4.39 Å². The van der Waals surface area contributed by atoms with Gasteiger partial charge in [0.05, 0.1) is 31.0 Å². The maximum Gasteiger partial charge on any atom is 0.355 e. The maximum absolute atomic E-state index is 15.8. The first-order valence-electron chi connectivity index (χ1n) is 12.2. The van der Waals surface area contributed by atoms with E-state index in [0.29, 0.717) is 54.0 Å². The van der Waals surface area contributed by atoms with Gasteiger partial charge in [-0.2, -0.15) is 5.10 Å². The van der Waals surface area contributed by atoms with Crippen LogP contribution in [0.2, 0.25) is 0 Å². The van der Waals surface area contributed by atoms with Crippen LogP contribution in [0, 0.1) is 12.7 Å². The summed E-state index contributed by atoms with van der Waals surface area (Å²) >= 11 is 0. The summed E-state index contributed by atoms with van der Waals surface area (Å²) in [6, 6.07) is 11.1. The number of nitrogens with zero attached hydrogens (tertiary/aromatic N) is 3. The molecule has 2 aromatic heterocycles. The van der Waals surface area contributed by atoms with Crippen molar-refractivity contribution in [2.75, 3.05) is 13.2 Å². The van der Waals surface area contributed by atoms with E-state index in [4.69, 9.17) is 9.47 Å². The predicted molar refractivity (Wildman–Crippen MR) is 134 cm³/mol. The Balaban J connectivity index is 1.94. The first-order valence-corrected chi connectivity index (χ1v) is 12.2. The highest BCUT2D eigenvalue weighted by Gasteiger charge is 2.30. The Morgan fingerprint density at radius 3 is 2.69 bits per heavy atom. The summed E-state index contributed by atoms with van der Waals surface area (Å²) in [4.78, 5) is 13.4. The number of benzene rings is 2. The van der Waals surface area contributed by atoms with Gasteiger partial charge >= 0.3 is 5.97 Å². The van der Waals surface area contributed by atoms with Crippen LogP contribution < -0.4 is 0 Å². The minimum atomic E-state index is -0.459. The fourth-order valence-electron chi connectivity index (χ4n) is 5.21. The van der Waals surface area contributed by atoms with Gasteiger partial charge in [0.15, 0.2) is 0 Å². The Kier molecular flexibility index (Phi) is 6.64. The molecule has 1 aliphatic heterocycles. The number of halogens is 1. The van der Waals surface area contributed by atoms with Gasteiger partial charge in [-0.25, -0.2) is 9.18 Å². The zero-order chi connectivity index (χ0) is 25.4. The third-order valence-corrected chi connectivity index (χ3v) is 6.93. The Morgan fingerprint density at radius 1 is 1.17 bits per heavy atom. The number of carbonyl (C=O) groups excluding carboxylic acids is 1. The molecule has 1 aliphatic rings. The second-order valence-electron chi connectivity index (χ2n) is 9.07. The highest BCUT2D eigenvalue weighted by molar-refractivity contribution is 6.05. The van der Waals surface area contributed by atoms with E-state index in [9.17, 15) is 9.90 Å². The quantitative estimate of drug-likeness (QED) is 0.411. The van der Waals surface area contributed by atoms with Crippen LogP contribution in [-0.4, -0.2) is 38.6 Å². The Labute approximate surface area is 209 Å². The normalized spacial score (nSPS) is 13.2. The summed E-state index contributed by atoms with van der Waals surface area (Å²) in [5, 5.41) is 15.0. The molecule has 0 fully saturated rings. The minimum Gasteiger partial charge on any atom is -0.461 e. The van der Waals surface area contributed by atoms with Crippen molar-refractivity contribution >= 4 is 16.9 Å². The first-order chi connectivity index (χ1) is 17.5. The zero-order valence-electron chi connectivity index (χ0n) is 20.8. The Bertz CT molecular complexity index is 1450. The van der Waals surface area contributed by atoms with Gasteiger partial charge < -0.3 is 19.1 Å². The molecule has 0 saturated carbocycles. The number of esters is 1. The highest BCUT2D eigenvalue weighted by atomic mass is 19.1. The van der Waals surface area contributed by atoms with Gasteiger partial charge in [0.25, 0.3) is 0 Å². The molecule has 0 saturated heterocycles. The Morgan fingerprint density at radius 2 is 1.94 bits per heavy atom. The van der Waals surface area contributed by atoms with E-state index < -0.39 is 11.8 Å². The van der Waals surface area contributed by atoms with Gasteiger partial charge in [0, 0.05) is 42.4 Å². The number of aliphatic hydroxyl groups excluding tert-OH is 1. The molecule has 0 bridgehead atoms. The molecule has 0 radical (unpaired) electrons. The summed E-state index contributed by atoms with van der Waals surface area (Å²) in [5.41, 5.74) is 6.26. The van der Waals surface area contributed by atoms with Gasteiger partial charge in [0.1, 0.15) is 11.5 Å². The molecule has 36 heavy (non-hydrogen) atoms. The number of hydrogen-bond acceptors (Lipinski definition) is 5. The summed E-state index contributed by atoms with van der Waals surface area (Å²) < 4.78 is 31.0.